The molecule has 0 aromatic carbocycles. The zero-order valence-electron chi connectivity index (χ0n) is 5.65. The second-order valence-electron chi connectivity index (χ2n) is 1.90. The molecule has 0 aliphatic rings. The second-order valence-corrected chi connectivity index (χ2v) is 1.90. The Labute approximate surface area is 62.0 Å². The van der Waals surface area contributed by atoms with Gasteiger partial charge in [-0.1, -0.05) is 0 Å². The molecule has 6 heteroatoms. The number of carbonyl (C=O) groups is 2. The topological polar surface area (TPSA) is 97.5 Å². The molecular formula is C5H7NO5. The molecule has 6 nitrogen and oxygen atoms in total. The van der Waals surface area contributed by atoms with E-state index in [0.717, 1.165) is 0 Å². The average Bonchev–Trinajstić information content (AvgIpc) is 1.86. The van der Waals surface area contributed by atoms with Crippen molar-refractivity contribution in [3.8, 4) is 0 Å². The highest BCUT2D eigenvalue weighted by Gasteiger charge is 2.13. The molecule has 0 saturated heterocycles. The van der Waals surface area contributed by atoms with Gasteiger partial charge in [-0.15, -0.1) is 0 Å². The molecule has 0 aromatic rings. The largest absolute Gasteiger partial charge is 0.481 e. The third-order valence-corrected chi connectivity index (χ3v) is 0.985. The van der Waals surface area contributed by atoms with Gasteiger partial charge in [0.1, 0.15) is 4.92 Å². The molecule has 0 aromatic heterocycles. The maximum atomic E-state index is 10.2. The van der Waals surface area contributed by atoms with Crippen LogP contribution in [0.3, 0.4) is 0 Å². The quantitative estimate of drug-likeness (QED) is 0.463. The van der Waals surface area contributed by atoms with Gasteiger partial charge in [0.15, 0.2) is 0 Å². The lowest BCUT2D eigenvalue weighted by molar-refractivity contribution is -0.402. The van der Waals surface area contributed by atoms with Gasteiger partial charge in [-0.05, 0) is 6.42 Å². The third kappa shape index (κ3) is 5.01. The number of hydrogen-bond donors (Lipinski definition) is 1. The van der Waals surface area contributed by atoms with Crippen molar-refractivity contribution in [1.82, 2.24) is 0 Å². The SMILES string of the molecule is O=C(O)CCCC(=O)[N+](=O)[O-]. The van der Waals surface area contributed by atoms with Gasteiger partial charge in [-0.2, -0.15) is 0 Å². The van der Waals surface area contributed by atoms with Gasteiger partial charge in [0, 0.05) is 6.42 Å². The highest BCUT2D eigenvalue weighted by atomic mass is 16.6. The molecule has 0 aliphatic carbocycles. The van der Waals surface area contributed by atoms with E-state index in [0.29, 0.717) is 0 Å². The smallest absolute Gasteiger partial charge is 0.444 e. The normalized spacial score (nSPS) is 9.09. The fraction of sp³-hybridized carbons (Fsp3) is 0.600. The maximum absolute atomic E-state index is 10.2. The van der Waals surface area contributed by atoms with Crippen LogP contribution in [0.2, 0.25) is 0 Å². The number of nitro groups is 1. The van der Waals surface area contributed by atoms with Gasteiger partial charge in [0.05, 0.1) is 6.42 Å². The lowest BCUT2D eigenvalue weighted by atomic mass is 10.2. The molecule has 0 bridgehead atoms. The molecule has 0 saturated carbocycles. The van der Waals surface area contributed by atoms with Gasteiger partial charge in [-0.3, -0.25) is 14.9 Å². The van der Waals surface area contributed by atoms with Crippen LogP contribution >= 0.6 is 0 Å². The first-order valence-corrected chi connectivity index (χ1v) is 2.93. The predicted octanol–water partition coefficient (Wildman–Crippen LogP) is 0.0446. The molecule has 1 N–H and O–H groups in total. The number of amides is 1. The second kappa shape index (κ2) is 4.37. The van der Waals surface area contributed by atoms with E-state index in [9.17, 15) is 19.7 Å². The number of hydrogen-bond acceptors (Lipinski definition) is 4. The highest BCUT2D eigenvalue weighted by molar-refractivity contribution is 5.70. The molecule has 0 radical (unpaired) electrons. The van der Waals surface area contributed by atoms with E-state index in [4.69, 9.17) is 5.11 Å². The van der Waals surface area contributed by atoms with Gasteiger partial charge in [-0.25, -0.2) is 4.79 Å². The van der Waals surface area contributed by atoms with Gasteiger partial charge >= 0.3 is 11.9 Å². The van der Waals surface area contributed by atoms with Crippen LogP contribution in [0.4, 0.5) is 0 Å². The van der Waals surface area contributed by atoms with Gasteiger partial charge < -0.3 is 5.11 Å². The number of carboxylic acid groups (broad SMARTS) is 1. The Morgan fingerprint density at radius 3 is 2.27 bits per heavy atom. The lowest BCUT2D eigenvalue weighted by Gasteiger charge is -1.89. The summed E-state index contributed by atoms with van der Waals surface area (Å²) in [6.45, 7) is 0. The highest BCUT2D eigenvalue weighted by Crippen LogP contribution is 1.96. The molecular weight excluding hydrogens is 154 g/mol. The summed E-state index contributed by atoms with van der Waals surface area (Å²) in [5, 5.41) is 17.8. The fourth-order valence-corrected chi connectivity index (χ4v) is 0.482. The van der Waals surface area contributed by atoms with Crippen molar-refractivity contribution in [3.05, 3.63) is 10.1 Å². The number of carbonyl (C=O) groups excluding carboxylic acids is 1. The Hall–Kier alpha value is -1.46. The van der Waals surface area contributed by atoms with E-state index < -0.39 is 16.8 Å². The summed E-state index contributed by atoms with van der Waals surface area (Å²) in [7, 11) is 0. The summed E-state index contributed by atoms with van der Waals surface area (Å²) in [6, 6.07) is 0. The van der Waals surface area contributed by atoms with Crippen LogP contribution < -0.4 is 0 Å². The van der Waals surface area contributed by atoms with Crippen LogP contribution in [0.5, 0.6) is 0 Å². The van der Waals surface area contributed by atoms with Crippen molar-refractivity contribution in [1.29, 1.82) is 0 Å². The molecule has 0 aliphatic heterocycles. The predicted molar refractivity (Wildman–Crippen MR) is 33.5 cm³/mol. The summed E-state index contributed by atoms with van der Waals surface area (Å²) >= 11 is 0. The van der Waals surface area contributed by atoms with Crippen LogP contribution in [-0.2, 0) is 9.59 Å². The first-order chi connectivity index (χ1) is 5.04. The van der Waals surface area contributed by atoms with Gasteiger partial charge in [0.25, 0.3) is 0 Å². The van der Waals surface area contributed by atoms with Crippen molar-refractivity contribution in [3.63, 3.8) is 0 Å². The van der Waals surface area contributed by atoms with Crippen LogP contribution in [-0.4, -0.2) is 21.9 Å². The van der Waals surface area contributed by atoms with E-state index in [1.54, 1.807) is 0 Å². The Morgan fingerprint density at radius 1 is 1.36 bits per heavy atom. The van der Waals surface area contributed by atoms with Crippen LogP contribution in [0, 0.1) is 10.1 Å². The maximum Gasteiger partial charge on any atom is 0.444 e. The average molecular weight is 161 g/mol. The van der Waals surface area contributed by atoms with E-state index >= 15 is 0 Å². The summed E-state index contributed by atoms with van der Waals surface area (Å²) in [4.78, 5) is 28.7. The van der Waals surface area contributed by atoms with Crippen molar-refractivity contribution >= 4 is 11.9 Å². The molecule has 62 valence electrons. The minimum atomic E-state index is -1.13. The Bertz CT molecular complexity index is 187. The van der Waals surface area contributed by atoms with E-state index in [2.05, 4.69) is 0 Å². The molecule has 0 spiro atoms. The summed E-state index contributed by atoms with van der Waals surface area (Å²) in [5.74, 6) is -2.19. The summed E-state index contributed by atoms with van der Waals surface area (Å²) in [6.07, 6.45) is -0.492. The van der Waals surface area contributed by atoms with Crippen molar-refractivity contribution in [2.24, 2.45) is 0 Å². The Kier molecular flexibility index (Phi) is 3.79. The van der Waals surface area contributed by atoms with E-state index in [-0.39, 0.29) is 19.3 Å². The zero-order valence-corrected chi connectivity index (χ0v) is 5.65. The van der Waals surface area contributed by atoms with E-state index in [1.807, 2.05) is 0 Å². The van der Waals surface area contributed by atoms with Crippen molar-refractivity contribution in [2.45, 2.75) is 19.3 Å². The monoisotopic (exact) mass is 161 g/mol. The number of nitrogens with zero attached hydrogens (tertiary/aromatic N) is 1. The Balaban J connectivity index is 3.47. The minimum absolute atomic E-state index is 0.0230. The number of carboxylic acids is 1. The summed E-state index contributed by atoms with van der Waals surface area (Å²) in [5.41, 5.74) is 0. The molecule has 0 heterocycles. The number of rotatable bonds is 4. The molecule has 0 unspecified atom stereocenters. The van der Waals surface area contributed by atoms with Gasteiger partial charge in [0.2, 0.25) is 0 Å². The van der Waals surface area contributed by atoms with Crippen molar-refractivity contribution in [2.75, 3.05) is 0 Å². The fourth-order valence-electron chi connectivity index (χ4n) is 0.482. The molecule has 0 fully saturated rings. The standard InChI is InChI=1S/C5H7NO5/c7-4(6(10)11)2-1-3-5(8)9/h1-3H2,(H,8,9). The third-order valence-electron chi connectivity index (χ3n) is 0.985. The number of aliphatic carboxylic acids is 1. The molecule has 11 heavy (non-hydrogen) atoms. The minimum Gasteiger partial charge on any atom is -0.481 e. The van der Waals surface area contributed by atoms with Crippen molar-refractivity contribution < 1.29 is 19.6 Å². The molecule has 0 atom stereocenters. The first-order valence-electron chi connectivity index (χ1n) is 2.93. The lowest BCUT2D eigenvalue weighted by Crippen LogP contribution is -2.11. The van der Waals surface area contributed by atoms with Crippen LogP contribution in [0.25, 0.3) is 0 Å². The Morgan fingerprint density at radius 2 is 1.91 bits per heavy atom. The molecule has 1 amide bonds. The first kappa shape index (κ1) is 9.54. The van der Waals surface area contributed by atoms with Crippen LogP contribution in [0.15, 0.2) is 0 Å². The van der Waals surface area contributed by atoms with Crippen LogP contribution in [0.1, 0.15) is 19.3 Å². The summed E-state index contributed by atoms with van der Waals surface area (Å²) < 4.78 is 0. The zero-order chi connectivity index (χ0) is 8.85. The molecule has 0 rings (SSSR count). The van der Waals surface area contributed by atoms with E-state index in [1.165, 1.54) is 0 Å².